The molecule has 2 aromatic rings. The Morgan fingerprint density at radius 2 is 1.81 bits per heavy atom. The summed E-state index contributed by atoms with van der Waals surface area (Å²) in [6.07, 6.45) is 2.20. The van der Waals surface area contributed by atoms with E-state index in [4.69, 9.17) is 9.47 Å². The second-order valence-electron chi connectivity index (χ2n) is 6.70. The summed E-state index contributed by atoms with van der Waals surface area (Å²) >= 11 is 0. The van der Waals surface area contributed by atoms with Crippen LogP contribution in [0.3, 0.4) is 0 Å². The number of allylic oxidation sites excluding steroid dienone is 2. The van der Waals surface area contributed by atoms with Gasteiger partial charge in [0.05, 0.1) is 13.7 Å². The smallest absolute Gasteiger partial charge is 0.317 e. The van der Waals surface area contributed by atoms with Gasteiger partial charge in [0, 0.05) is 5.92 Å². The molecule has 2 atom stereocenters. The van der Waals surface area contributed by atoms with E-state index in [1.54, 1.807) is 20.1 Å². The van der Waals surface area contributed by atoms with E-state index in [9.17, 15) is 9.59 Å². The molecular weight excluding hydrogens is 340 g/mol. The molecular formula is C23H24O4. The van der Waals surface area contributed by atoms with Crippen molar-refractivity contribution in [2.45, 2.75) is 26.2 Å². The van der Waals surface area contributed by atoms with E-state index in [0.29, 0.717) is 6.42 Å². The zero-order valence-electron chi connectivity index (χ0n) is 15.9. The van der Waals surface area contributed by atoms with E-state index >= 15 is 0 Å². The standard InChI is InChI=1S/C23H24O4/c1-4-27-23(25)22-20(19-8-6-5-7-15(19)2)13-17(14-21(22)24)16-9-11-18(26-3)12-10-16/h5-12,14,20,22H,4,13H2,1-3H3. The number of ether oxygens (including phenoxy) is 2. The first-order valence-corrected chi connectivity index (χ1v) is 9.16. The molecule has 0 spiro atoms. The highest BCUT2D eigenvalue weighted by atomic mass is 16.5. The van der Waals surface area contributed by atoms with E-state index in [-0.39, 0.29) is 18.3 Å². The maximum Gasteiger partial charge on any atom is 0.317 e. The average molecular weight is 364 g/mol. The zero-order chi connectivity index (χ0) is 19.4. The summed E-state index contributed by atoms with van der Waals surface area (Å²) in [6, 6.07) is 15.5. The molecule has 0 radical (unpaired) electrons. The number of methoxy groups -OCH3 is 1. The highest BCUT2D eigenvalue weighted by molar-refractivity contribution is 6.10. The minimum atomic E-state index is -0.798. The molecule has 0 amide bonds. The molecule has 0 N–H and O–H groups in total. The summed E-state index contributed by atoms with van der Waals surface area (Å²) in [4.78, 5) is 25.5. The number of esters is 1. The van der Waals surface area contributed by atoms with Gasteiger partial charge < -0.3 is 9.47 Å². The molecule has 0 aromatic heterocycles. The zero-order valence-corrected chi connectivity index (χ0v) is 15.9. The second kappa shape index (κ2) is 8.21. The number of hydrogen-bond acceptors (Lipinski definition) is 4. The molecule has 4 heteroatoms. The maximum absolute atomic E-state index is 12.9. The fraction of sp³-hybridized carbons (Fsp3) is 0.304. The van der Waals surface area contributed by atoms with Crippen LogP contribution in [0.25, 0.3) is 5.57 Å². The third-order valence-electron chi connectivity index (χ3n) is 5.05. The van der Waals surface area contributed by atoms with Crippen molar-refractivity contribution in [2.24, 2.45) is 5.92 Å². The highest BCUT2D eigenvalue weighted by Gasteiger charge is 2.40. The number of hydrogen-bond donors (Lipinski definition) is 0. The monoisotopic (exact) mass is 364 g/mol. The van der Waals surface area contributed by atoms with Crippen LogP contribution in [0.5, 0.6) is 5.75 Å². The minimum absolute atomic E-state index is 0.196. The van der Waals surface area contributed by atoms with Crippen LogP contribution in [-0.2, 0) is 14.3 Å². The van der Waals surface area contributed by atoms with E-state index in [1.807, 2.05) is 55.5 Å². The van der Waals surface area contributed by atoms with Gasteiger partial charge in [-0.25, -0.2) is 0 Å². The lowest BCUT2D eigenvalue weighted by Gasteiger charge is -2.30. The normalized spacial score (nSPS) is 19.4. The lowest BCUT2D eigenvalue weighted by Crippen LogP contribution is -2.34. The van der Waals surface area contributed by atoms with Crippen LogP contribution in [0.1, 0.15) is 36.0 Å². The third kappa shape index (κ3) is 3.95. The van der Waals surface area contributed by atoms with Gasteiger partial charge in [-0.15, -0.1) is 0 Å². The van der Waals surface area contributed by atoms with Crippen molar-refractivity contribution >= 4 is 17.3 Å². The van der Waals surface area contributed by atoms with Gasteiger partial charge in [-0.1, -0.05) is 36.4 Å². The van der Waals surface area contributed by atoms with Crippen molar-refractivity contribution in [3.63, 3.8) is 0 Å². The Balaban J connectivity index is 2.02. The Morgan fingerprint density at radius 3 is 2.44 bits per heavy atom. The van der Waals surface area contributed by atoms with Crippen LogP contribution < -0.4 is 4.74 Å². The second-order valence-corrected chi connectivity index (χ2v) is 6.70. The van der Waals surface area contributed by atoms with Crippen molar-refractivity contribution in [3.8, 4) is 5.75 Å². The number of benzene rings is 2. The first kappa shape index (κ1) is 18.9. The van der Waals surface area contributed by atoms with Gasteiger partial charge in [-0.2, -0.15) is 0 Å². The third-order valence-corrected chi connectivity index (χ3v) is 5.05. The fourth-order valence-electron chi connectivity index (χ4n) is 3.68. The van der Waals surface area contributed by atoms with Crippen molar-refractivity contribution in [2.75, 3.05) is 13.7 Å². The Labute approximate surface area is 159 Å². The number of ketones is 1. The first-order valence-electron chi connectivity index (χ1n) is 9.16. The van der Waals surface area contributed by atoms with Gasteiger partial charge in [0.15, 0.2) is 5.78 Å². The quantitative estimate of drug-likeness (QED) is 0.586. The van der Waals surface area contributed by atoms with E-state index < -0.39 is 11.9 Å². The Hall–Kier alpha value is -2.88. The highest BCUT2D eigenvalue weighted by Crippen LogP contribution is 2.41. The molecule has 27 heavy (non-hydrogen) atoms. The summed E-state index contributed by atoms with van der Waals surface area (Å²) in [5.74, 6) is -0.909. The summed E-state index contributed by atoms with van der Waals surface area (Å²) in [7, 11) is 1.62. The SMILES string of the molecule is CCOC(=O)C1C(=O)C=C(c2ccc(OC)cc2)CC1c1ccccc1C. The van der Waals surface area contributed by atoms with Crippen LogP contribution in [0.15, 0.2) is 54.6 Å². The van der Waals surface area contributed by atoms with Gasteiger partial charge in [0.25, 0.3) is 0 Å². The molecule has 0 aliphatic heterocycles. The molecule has 2 aromatic carbocycles. The van der Waals surface area contributed by atoms with E-state index in [1.165, 1.54) is 0 Å². The minimum Gasteiger partial charge on any atom is -0.497 e. The summed E-state index contributed by atoms with van der Waals surface area (Å²) in [5.41, 5.74) is 3.98. The number of aryl methyl sites for hydroxylation is 1. The van der Waals surface area contributed by atoms with Crippen LogP contribution in [0.4, 0.5) is 0 Å². The topological polar surface area (TPSA) is 52.6 Å². The molecule has 2 unspecified atom stereocenters. The first-order chi connectivity index (χ1) is 13.0. The Bertz CT molecular complexity index is 864. The molecule has 4 nitrogen and oxygen atoms in total. The predicted molar refractivity (Wildman–Crippen MR) is 105 cm³/mol. The molecule has 0 bridgehead atoms. The predicted octanol–water partition coefficient (Wildman–Crippen LogP) is 4.32. The molecule has 3 rings (SSSR count). The van der Waals surface area contributed by atoms with E-state index in [0.717, 1.165) is 28.0 Å². The maximum atomic E-state index is 12.9. The summed E-state index contributed by atoms with van der Waals surface area (Å²) in [6.45, 7) is 4.03. The van der Waals surface area contributed by atoms with Crippen molar-refractivity contribution < 1.29 is 19.1 Å². The van der Waals surface area contributed by atoms with Gasteiger partial charge in [0.1, 0.15) is 11.7 Å². The molecule has 140 valence electrons. The van der Waals surface area contributed by atoms with Gasteiger partial charge >= 0.3 is 5.97 Å². The average Bonchev–Trinajstić information content (AvgIpc) is 2.68. The van der Waals surface area contributed by atoms with Crippen molar-refractivity contribution in [1.82, 2.24) is 0 Å². The van der Waals surface area contributed by atoms with Crippen LogP contribution in [-0.4, -0.2) is 25.5 Å². The molecule has 1 aliphatic carbocycles. The molecule has 0 saturated heterocycles. The van der Waals surface area contributed by atoms with Crippen molar-refractivity contribution in [3.05, 3.63) is 71.3 Å². The number of carbonyl (C=O) groups excluding carboxylic acids is 2. The van der Waals surface area contributed by atoms with E-state index in [2.05, 4.69) is 0 Å². The van der Waals surface area contributed by atoms with Crippen LogP contribution in [0.2, 0.25) is 0 Å². The van der Waals surface area contributed by atoms with Crippen molar-refractivity contribution in [1.29, 1.82) is 0 Å². The van der Waals surface area contributed by atoms with Gasteiger partial charge in [-0.3, -0.25) is 9.59 Å². The lowest BCUT2D eigenvalue weighted by molar-refractivity contribution is -0.151. The van der Waals surface area contributed by atoms with Gasteiger partial charge in [0.2, 0.25) is 0 Å². The lowest BCUT2D eigenvalue weighted by atomic mass is 9.72. The molecule has 0 saturated carbocycles. The Morgan fingerprint density at radius 1 is 1.11 bits per heavy atom. The summed E-state index contributed by atoms with van der Waals surface area (Å²) < 4.78 is 10.4. The number of rotatable bonds is 5. The molecule has 0 fully saturated rings. The summed E-state index contributed by atoms with van der Waals surface area (Å²) in [5, 5.41) is 0. The molecule has 0 heterocycles. The number of carbonyl (C=O) groups is 2. The van der Waals surface area contributed by atoms with Crippen LogP contribution >= 0.6 is 0 Å². The molecule has 1 aliphatic rings. The largest absolute Gasteiger partial charge is 0.497 e. The van der Waals surface area contributed by atoms with Crippen LogP contribution in [0, 0.1) is 12.8 Å². The Kier molecular flexibility index (Phi) is 5.75. The fourth-order valence-corrected chi connectivity index (χ4v) is 3.68. The van der Waals surface area contributed by atoms with Gasteiger partial charge in [-0.05, 0) is 60.7 Å².